The molecule has 5 heteroatoms. The van der Waals surface area contributed by atoms with Crippen molar-refractivity contribution >= 4 is 11.6 Å². The zero-order valence-electron chi connectivity index (χ0n) is 13.8. The zero-order chi connectivity index (χ0) is 16.8. The lowest BCUT2D eigenvalue weighted by Gasteiger charge is -2.23. The van der Waals surface area contributed by atoms with E-state index in [2.05, 4.69) is 5.18 Å². The van der Waals surface area contributed by atoms with Crippen molar-refractivity contribution in [3.05, 3.63) is 59.3 Å². The number of rotatable bonds is 7. The second-order valence-electron chi connectivity index (χ2n) is 6.34. The summed E-state index contributed by atoms with van der Waals surface area (Å²) < 4.78 is 1.96. The van der Waals surface area contributed by atoms with E-state index in [0.717, 1.165) is 50.9 Å². The molecule has 1 saturated heterocycles. The van der Waals surface area contributed by atoms with E-state index in [9.17, 15) is 9.70 Å². The van der Waals surface area contributed by atoms with E-state index in [1.165, 1.54) is 0 Å². The van der Waals surface area contributed by atoms with E-state index >= 15 is 0 Å². The summed E-state index contributed by atoms with van der Waals surface area (Å²) in [6.45, 7) is 2.55. The van der Waals surface area contributed by atoms with Crippen molar-refractivity contribution in [1.29, 1.82) is 0 Å². The van der Waals surface area contributed by atoms with Crippen LogP contribution in [0.2, 0.25) is 0 Å². The number of amides is 1. The maximum atomic E-state index is 12.9. The van der Waals surface area contributed by atoms with Crippen LogP contribution in [0.1, 0.15) is 37.2 Å². The van der Waals surface area contributed by atoms with Gasteiger partial charge in [0.15, 0.2) is 0 Å². The van der Waals surface area contributed by atoms with Crippen LogP contribution in [0.5, 0.6) is 0 Å². The van der Waals surface area contributed by atoms with Crippen LogP contribution in [-0.4, -0.2) is 28.5 Å². The van der Waals surface area contributed by atoms with Crippen molar-refractivity contribution in [2.75, 3.05) is 13.1 Å². The van der Waals surface area contributed by atoms with E-state index in [1.54, 1.807) is 12.3 Å². The van der Waals surface area contributed by atoms with Crippen molar-refractivity contribution < 1.29 is 4.79 Å². The molecule has 3 rings (SSSR count). The number of aromatic nitrogens is 1. The number of likely N-dealkylation sites (tertiary alicyclic amines) is 1. The summed E-state index contributed by atoms with van der Waals surface area (Å²) in [5, 5.41) is 2.93. The van der Waals surface area contributed by atoms with Crippen LogP contribution < -0.4 is 0 Å². The first-order valence-corrected chi connectivity index (χ1v) is 8.61. The Kier molecular flexibility index (Phi) is 5.41. The Morgan fingerprint density at radius 2 is 1.88 bits per heavy atom. The van der Waals surface area contributed by atoms with Crippen molar-refractivity contribution in [3.8, 4) is 0 Å². The Morgan fingerprint density at radius 1 is 1.12 bits per heavy atom. The highest BCUT2D eigenvalue weighted by atomic mass is 16.3. The molecule has 0 bridgehead atoms. The predicted molar refractivity (Wildman–Crippen MR) is 94.1 cm³/mol. The van der Waals surface area contributed by atoms with Crippen LogP contribution in [0.4, 0.5) is 5.69 Å². The summed E-state index contributed by atoms with van der Waals surface area (Å²) in [5.41, 5.74) is 1.54. The summed E-state index contributed by atoms with van der Waals surface area (Å²) in [5.74, 6) is 0.171. The van der Waals surface area contributed by atoms with E-state index < -0.39 is 0 Å². The van der Waals surface area contributed by atoms with Crippen molar-refractivity contribution in [2.45, 2.75) is 38.1 Å². The number of carbonyl (C=O) groups excluding carboxylic acids is 1. The van der Waals surface area contributed by atoms with Gasteiger partial charge in [-0.2, -0.15) is 0 Å². The average molecular weight is 325 g/mol. The third kappa shape index (κ3) is 3.91. The molecule has 126 valence electrons. The fourth-order valence-electron chi connectivity index (χ4n) is 3.38. The summed E-state index contributed by atoms with van der Waals surface area (Å²) in [6, 6.07) is 11.8. The Labute approximate surface area is 142 Å². The highest BCUT2D eigenvalue weighted by molar-refractivity contribution is 5.84. The van der Waals surface area contributed by atoms with Gasteiger partial charge in [-0.3, -0.25) is 4.79 Å². The number of hydrogen-bond acceptors (Lipinski definition) is 3. The normalized spacial score (nSPS) is 15.4. The second kappa shape index (κ2) is 7.90. The minimum atomic E-state index is -0.0801. The van der Waals surface area contributed by atoms with Crippen LogP contribution in [0.25, 0.3) is 0 Å². The number of carbonyl (C=O) groups is 1. The fourth-order valence-corrected chi connectivity index (χ4v) is 3.38. The molecule has 0 radical (unpaired) electrons. The molecule has 1 atom stereocenters. The van der Waals surface area contributed by atoms with Crippen molar-refractivity contribution in [2.24, 2.45) is 5.18 Å². The molecule has 0 saturated carbocycles. The Bertz CT molecular complexity index is 675. The van der Waals surface area contributed by atoms with Gasteiger partial charge in [0.1, 0.15) is 5.69 Å². The Morgan fingerprint density at radius 3 is 2.54 bits per heavy atom. The molecule has 2 aromatic rings. The first-order valence-electron chi connectivity index (χ1n) is 8.61. The lowest BCUT2D eigenvalue weighted by atomic mass is 9.93. The van der Waals surface area contributed by atoms with Crippen LogP contribution in [0.15, 0.2) is 54.0 Å². The third-order valence-corrected chi connectivity index (χ3v) is 4.67. The van der Waals surface area contributed by atoms with Gasteiger partial charge in [-0.1, -0.05) is 30.3 Å². The lowest BCUT2D eigenvalue weighted by Crippen LogP contribution is -2.32. The molecule has 1 unspecified atom stereocenters. The Balaban J connectivity index is 1.65. The molecule has 1 fully saturated rings. The van der Waals surface area contributed by atoms with Gasteiger partial charge in [0, 0.05) is 32.0 Å². The van der Waals surface area contributed by atoms with Gasteiger partial charge in [-0.05, 0) is 42.5 Å². The minimum Gasteiger partial charge on any atom is -0.352 e. The lowest BCUT2D eigenvalue weighted by molar-refractivity contribution is -0.132. The molecule has 5 nitrogen and oxygen atoms in total. The van der Waals surface area contributed by atoms with Crippen molar-refractivity contribution in [1.82, 2.24) is 9.47 Å². The molecule has 0 aliphatic carbocycles. The standard InChI is InChI=1S/C19H23N3O2/c23-19(22-12-4-5-13-22)18(16-7-2-1-3-8-16)9-6-11-21-14-10-17(15-21)20-24/h1-3,7-8,10,14-15,18H,4-6,9,11-13H2. The molecule has 24 heavy (non-hydrogen) atoms. The highest BCUT2D eigenvalue weighted by Gasteiger charge is 2.27. The summed E-state index contributed by atoms with van der Waals surface area (Å²) in [7, 11) is 0. The molecule has 1 aliphatic heterocycles. The molecular weight excluding hydrogens is 302 g/mol. The number of nitrogens with zero attached hydrogens (tertiary/aromatic N) is 3. The van der Waals surface area contributed by atoms with Gasteiger partial charge in [-0.15, -0.1) is 4.91 Å². The molecular formula is C19H23N3O2. The second-order valence-corrected chi connectivity index (χ2v) is 6.34. The molecule has 0 N–H and O–H groups in total. The summed E-state index contributed by atoms with van der Waals surface area (Å²) in [6.07, 6.45) is 7.51. The van der Waals surface area contributed by atoms with Gasteiger partial charge in [0.25, 0.3) is 0 Å². The van der Waals surface area contributed by atoms with Gasteiger partial charge < -0.3 is 9.47 Å². The van der Waals surface area contributed by atoms with E-state index in [1.807, 2.05) is 46.0 Å². The maximum Gasteiger partial charge on any atom is 0.230 e. The SMILES string of the molecule is O=Nc1ccn(CCCC(C(=O)N2CCCC2)c2ccccc2)c1. The molecule has 1 aliphatic rings. The summed E-state index contributed by atoms with van der Waals surface area (Å²) in [4.78, 5) is 25.4. The molecule has 1 aromatic heterocycles. The number of hydrogen-bond donors (Lipinski definition) is 0. The van der Waals surface area contributed by atoms with Crippen LogP contribution >= 0.6 is 0 Å². The first kappa shape index (κ1) is 16.4. The highest BCUT2D eigenvalue weighted by Crippen LogP contribution is 2.26. The third-order valence-electron chi connectivity index (χ3n) is 4.67. The van der Waals surface area contributed by atoms with Gasteiger partial charge in [-0.25, -0.2) is 0 Å². The molecule has 1 amide bonds. The fraction of sp³-hybridized carbons (Fsp3) is 0.421. The van der Waals surface area contributed by atoms with E-state index in [4.69, 9.17) is 0 Å². The van der Waals surface area contributed by atoms with E-state index in [0.29, 0.717) is 5.69 Å². The van der Waals surface area contributed by atoms with Crippen LogP contribution in [0, 0.1) is 4.91 Å². The van der Waals surface area contributed by atoms with E-state index in [-0.39, 0.29) is 11.8 Å². The molecule has 0 spiro atoms. The monoisotopic (exact) mass is 325 g/mol. The first-order chi connectivity index (χ1) is 11.8. The quantitative estimate of drug-likeness (QED) is 0.720. The Hall–Kier alpha value is -2.43. The van der Waals surface area contributed by atoms with Gasteiger partial charge in [0.2, 0.25) is 5.91 Å². The molecule has 2 heterocycles. The largest absolute Gasteiger partial charge is 0.352 e. The number of benzene rings is 1. The van der Waals surface area contributed by atoms with Crippen molar-refractivity contribution in [3.63, 3.8) is 0 Å². The smallest absolute Gasteiger partial charge is 0.230 e. The topological polar surface area (TPSA) is 54.7 Å². The average Bonchev–Trinajstić information content (AvgIpc) is 3.30. The van der Waals surface area contributed by atoms with Gasteiger partial charge in [0.05, 0.1) is 5.92 Å². The zero-order valence-corrected chi connectivity index (χ0v) is 13.8. The minimum absolute atomic E-state index is 0.0801. The molecule has 1 aromatic carbocycles. The predicted octanol–water partition coefficient (Wildman–Crippen LogP) is 4.07. The number of nitroso groups, excluding NO2 is 1. The van der Waals surface area contributed by atoms with Gasteiger partial charge >= 0.3 is 0 Å². The number of aryl methyl sites for hydroxylation is 1. The summed E-state index contributed by atoms with van der Waals surface area (Å²) >= 11 is 0. The van der Waals surface area contributed by atoms with Crippen LogP contribution in [0.3, 0.4) is 0 Å². The van der Waals surface area contributed by atoms with Crippen LogP contribution in [-0.2, 0) is 11.3 Å². The maximum absolute atomic E-state index is 12.9.